The lowest BCUT2D eigenvalue weighted by molar-refractivity contribution is 0.0817. The van der Waals surface area contributed by atoms with Gasteiger partial charge in [-0.15, -0.1) is 0 Å². The maximum absolute atomic E-state index is 12.0. The molecule has 0 fully saturated rings. The lowest BCUT2D eigenvalue weighted by Gasteiger charge is -2.04. The molecule has 2 aromatic heterocycles. The molecule has 0 saturated heterocycles. The Bertz CT molecular complexity index is 839. The Kier molecular flexibility index (Phi) is 4.16. The lowest BCUT2D eigenvalue weighted by Crippen LogP contribution is -2.41. The Balaban J connectivity index is 1.67. The molecule has 0 bridgehead atoms. The van der Waals surface area contributed by atoms with Gasteiger partial charge in [-0.1, -0.05) is 23.7 Å². The summed E-state index contributed by atoms with van der Waals surface area (Å²) in [6, 6.07) is 13.3. The number of furan rings is 2. The first-order valence-electron chi connectivity index (χ1n) is 6.64. The van der Waals surface area contributed by atoms with Gasteiger partial charge in [0.05, 0.1) is 11.3 Å². The van der Waals surface area contributed by atoms with Gasteiger partial charge in [-0.3, -0.25) is 20.4 Å². The maximum Gasteiger partial charge on any atom is 0.305 e. The van der Waals surface area contributed by atoms with Crippen LogP contribution in [0.1, 0.15) is 21.1 Å². The van der Waals surface area contributed by atoms with Gasteiger partial charge in [0.2, 0.25) is 0 Å². The summed E-state index contributed by atoms with van der Waals surface area (Å²) in [5.74, 6) is -0.580. The Morgan fingerprint density at radius 2 is 1.61 bits per heavy atom. The molecule has 0 aliphatic rings. The van der Waals surface area contributed by atoms with Crippen LogP contribution in [0.15, 0.2) is 63.6 Å². The standard InChI is InChI=1S/C16H11ClN2O4/c17-11-5-2-1-4-10(11)12-7-8-14(23-12)16(21)19-18-15(20)13-6-3-9-22-13/h1-9H,(H,18,20)(H,19,21). The van der Waals surface area contributed by atoms with Gasteiger partial charge in [-0.2, -0.15) is 0 Å². The van der Waals surface area contributed by atoms with Crippen LogP contribution in [0.5, 0.6) is 0 Å². The van der Waals surface area contributed by atoms with E-state index in [1.807, 2.05) is 6.07 Å². The van der Waals surface area contributed by atoms with E-state index in [1.165, 1.54) is 18.4 Å². The molecule has 6 nitrogen and oxygen atoms in total. The van der Waals surface area contributed by atoms with E-state index in [-0.39, 0.29) is 11.5 Å². The number of carbonyl (C=O) groups excluding carboxylic acids is 2. The van der Waals surface area contributed by atoms with Crippen molar-refractivity contribution in [3.63, 3.8) is 0 Å². The molecule has 0 saturated carbocycles. The molecule has 0 spiro atoms. The third-order valence-electron chi connectivity index (χ3n) is 3.00. The number of hydrogen-bond donors (Lipinski definition) is 2. The molecule has 3 rings (SSSR count). The van der Waals surface area contributed by atoms with Crippen LogP contribution in [0.4, 0.5) is 0 Å². The molecule has 2 amide bonds. The van der Waals surface area contributed by atoms with Crippen molar-refractivity contribution in [3.05, 3.63) is 71.3 Å². The topological polar surface area (TPSA) is 84.5 Å². The van der Waals surface area contributed by atoms with Crippen LogP contribution in [-0.2, 0) is 0 Å². The molecule has 2 heterocycles. The van der Waals surface area contributed by atoms with Crippen molar-refractivity contribution in [1.82, 2.24) is 10.9 Å². The van der Waals surface area contributed by atoms with Crippen molar-refractivity contribution in [1.29, 1.82) is 0 Å². The minimum absolute atomic E-state index is 0.0414. The van der Waals surface area contributed by atoms with E-state index < -0.39 is 11.8 Å². The number of amides is 2. The van der Waals surface area contributed by atoms with E-state index in [2.05, 4.69) is 10.9 Å². The average Bonchev–Trinajstić information content (AvgIpc) is 3.24. The van der Waals surface area contributed by atoms with Crippen LogP contribution in [0.25, 0.3) is 11.3 Å². The molecule has 3 aromatic rings. The van der Waals surface area contributed by atoms with E-state index in [0.717, 1.165) is 0 Å². The number of nitrogens with one attached hydrogen (secondary N) is 2. The van der Waals surface area contributed by atoms with Crippen molar-refractivity contribution >= 4 is 23.4 Å². The van der Waals surface area contributed by atoms with Crippen LogP contribution in [0.2, 0.25) is 5.02 Å². The Morgan fingerprint density at radius 1 is 0.870 bits per heavy atom. The molecule has 0 atom stereocenters. The van der Waals surface area contributed by atoms with Crippen molar-refractivity contribution in [2.45, 2.75) is 0 Å². The second kappa shape index (κ2) is 6.41. The first-order chi connectivity index (χ1) is 11.1. The largest absolute Gasteiger partial charge is 0.459 e. The van der Waals surface area contributed by atoms with Gasteiger partial charge in [-0.25, -0.2) is 0 Å². The van der Waals surface area contributed by atoms with Crippen molar-refractivity contribution in [2.75, 3.05) is 0 Å². The summed E-state index contributed by atoms with van der Waals surface area (Å²) in [6.45, 7) is 0. The van der Waals surface area contributed by atoms with E-state index >= 15 is 0 Å². The average molecular weight is 331 g/mol. The van der Waals surface area contributed by atoms with Gasteiger partial charge >= 0.3 is 11.8 Å². The number of benzene rings is 1. The van der Waals surface area contributed by atoms with Crippen LogP contribution in [0, 0.1) is 0 Å². The van der Waals surface area contributed by atoms with Gasteiger partial charge in [0.25, 0.3) is 0 Å². The number of carbonyl (C=O) groups is 2. The summed E-state index contributed by atoms with van der Waals surface area (Å²) in [7, 11) is 0. The van der Waals surface area contributed by atoms with Crippen LogP contribution in [-0.4, -0.2) is 11.8 Å². The molecule has 23 heavy (non-hydrogen) atoms. The van der Waals surface area contributed by atoms with Crippen molar-refractivity contribution in [3.8, 4) is 11.3 Å². The van der Waals surface area contributed by atoms with Crippen molar-refractivity contribution in [2.24, 2.45) is 0 Å². The molecule has 2 N–H and O–H groups in total. The van der Waals surface area contributed by atoms with E-state index in [0.29, 0.717) is 16.3 Å². The summed E-state index contributed by atoms with van der Waals surface area (Å²) < 4.78 is 10.4. The second-order valence-corrected chi connectivity index (χ2v) is 4.94. The number of hydrogen-bond acceptors (Lipinski definition) is 4. The molecule has 1 aromatic carbocycles. The summed E-state index contributed by atoms with van der Waals surface area (Å²) in [6.07, 6.45) is 1.36. The zero-order chi connectivity index (χ0) is 16.2. The number of halogens is 1. The molecule has 0 aliphatic heterocycles. The minimum Gasteiger partial charge on any atom is -0.459 e. The fraction of sp³-hybridized carbons (Fsp3) is 0. The first-order valence-corrected chi connectivity index (χ1v) is 7.02. The quantitative estimate of drug-likeness (QED) is 0.722. The highest BCUT2D eigenvalue weighted by Crippen LogP contribution is 2.28. The normalized spacial score (nSPS) is 10.3. The fourth-order valence-electron chi connectivity index (χ4n) is 1.91. The smallest absolute Gasteiger partial charge is 0.305 e. The zero-order valence-electron chi connectivity index (χ0n) is 11.7. The van der Waals surface area contributed by atoms with Gasteiger partial charge in [0.15, 0.2) is 11.5 Å². The van der Waals surface area contributed by atoms with Crippen LogP contribution >= 0.6 is 11.6 Å². The third-order valence-corrected chi connectivity index (χ3v) is 3.33. The molecular weight excluding hydrogens is 320 g/mol. The summed E-state index contributed by atoms with van der Waals surface area (Å²) in [5, 5.41) is 0.514. The summed E-state index contributed by atoms with van der Waals surface area (Å²) in [4.78, 5) is 23.6. The minimum atomic E-state index is -0.594. The van der Waals surface area contributed by atoms with Crippen LogP contribution < -0.4 is 10.9 Å². The van der Waals surface area contributed by atoms with E-state index in [4.69, 9.17) is 20.4 Å². The third kappa shape index (κ3) is 3.27. The Labute approximate surface area is 136 Å². The SMILES string of the molecule is O=C(NNC(=O)c1ccc(-c2ccccc2Cl)o1)c1ccco1. The predicted octanol–water partition coefficient (Wildman–Crippen LogP) is 3.27. The van der Waals surface area contributed by atoms with Crippen LogP contribution in [0.3, 0.4) is 0 Å². The number of hydrazine groups is 1. The molecular formula is C16H11ClN2O4. The monoisotopic (exact) mass is 330 g/mol. The van der Waals surface area contributed by atoms with E-state index in [9.17, 15) is 9.59 Å². The van der Waals surface area contributed by atoms with Gasteiger partial charge < -0.3 is 8.83 Å². The fourth-order valence-corrected chi connectivity index (χ4v) is 2.14. The second-order valence-electron chi connectivity index (χ2n) is 4.53. The highest BCUT2D eigenvalue weighted by Gasteiger charge is 2.15. The van der Waals surface area contributed by atoms with Crippen molar-refractivity contribution < 1.29 is 18.4 Å². The molecule has 0 unspecified atom stereocenters. The number of rotatable bonds is 3. The first kappa shape index (κ1) is 14.9. The highest BCUT2D eigenvalue weighted by atomic mass is 35.5. The zero-order valence-corrected chi connectivity index (χ0v) is 12.5. The molecule has 0 aliphatic carbocycles. The highest BCUT2D eigenvalue weighted by molar-refractivity contribution is 6.33. The van der Waals surface area contributed by atoms with Gasteiger partial charge in [0.1, 0.15) is 5.76 Å². The molecule has 0 radical (unpaired) electrons. The van der Waals surface area contributed by atoms with Gasteiger partial charge in [-0.05, 0) is 36.4 Å². The predicted molar refractivity (Wildman–Crippen MR) is 82.8 cm³/mol. The Morgan fingerprint density at radius 3 is 2.30 bits per heavy atom. The maximum atomic E-state index is 12.0. The summed E-state index contributed by atoms with van der Waals surface area (Å²) >= 11 is 6.08. The van der Waals surface area contributed by atoms with Gasteiger partial charge in [0, 0.05) is 5.56 Å². The van der Waals surface area contributed by atoms with E-state index in [1.54, 1.807) is 30.3 Å². The summed E-state index contributed by atoms with van der Waals surface area (Å²) in [5.41, 5.74) is 5.14. The Hall–Kier alpha value is -2.99. The molecule has 116 valence electrons. The lowest BCUT2D eigenvalue weighted by atomic mass is 10.2. The molecule has 7 heteroatoms.